The molecule has 0 spiro atoms. The Morgan fingerprint density at radius 3 is 3.04 bits per heavy atom. The maximum absolute atomic E-state index is 12.8. The zero-order valence-electron chi connectivity index (χ0n) is 14.7. The normalized spacial score (nSPS) is 16.9. The number of piperidine rings is 1. The molecule has 1 aliphatic heterocycles. The molecule has 3 aromatic heterocycles. The van der Waals surface area contributed by atoms with Crippen molar-refractivity contribution >= 4 is 28.6 Å². The Morgan fingerprint density at radius 1 is 1.30 bits per heavy atom. The summed E-state index contributed by atoms with van der Waals surface area (Å²) in [6, 6.07) is 7.41. The molecule has 0 radical (unpaired) electrons. The molecule has 0 unspecified atom stereocenters. The fraction of sp³-hybridized carbons (Fsp3) is 0.263. The SMILES string of the molecule is N[C@H]1CCCN(c2ccncc2NC(=O)c2cccc(-c3nccs3)n2)C1. The van der Waals surface area contributed by atoms with Crippen LogP contribution in [0.4, 0.5) is 11.4 Å². The largest absolute Gasteiger partial charge is 0.368 e. The van der Waals surface area contributed by atoms with E-state index in [4.69, 9.17) is 5.73 Å². The number of nitrogens with one attached hydrogen (secondary N) is 1. The van der Waals surface area contributed by atoms with Gasteiger partial charge in [0, 0.05) is 36.9 Å². The van der Waals surface area contributed by atoms with Gasteiger partial charge < -0.3 is 16.0 Å². The van der Waals surface area contributed by atoms with Gasteiger partial charge in [-0.25, -0.2) is 9.97 Å². The van der Waals surface area contributed by atoms with Crippen molar-refractivity contribution in [3.05, 3.63) is 53.9 Å². The first-order chi connectivity index (χ1) is 13.2. The van der Waals surface area contributed by atoms with Crippen LogP contribution in [0.3, 0.4) is 0 Å². The molecule has 0 saturated carbocycles. The van der Waals surface area contributed by atoms with E-state index in [0.717, 1.165) is 36.6 Å². The number of thiazole rings is 1. The maximum atomic E-state index is 12.8. The fourth-order valence-corrected chi connectivity index (χ4v) is 3.81. The van der Waals surface area contributed by atoms with Crippen molar-refractivity contribution in [3.63, 3.8) is 0 Å². The van der Waals surface area contributed by atoms with E-state index < -0.39 is 0 Å². The molecule has 4 rings (SSSR count). The number of aromatic nitrogens is 3. The smallest absolute Gasteiger partial charge is 0.274 e. The molecule has 4 heterocycles. The number of nitrogens with zero attached hydrogens (tertiary/aromatic N) is 4. The Balaban J connectivity index is 1.56. The Kier molecular flexibility index (Phi) is 5.08. The molecule has 3 N–H and O–H groups in total. The number of carbonyl (C=O) groups is 1. The number of anilines is 2. The molecule has 3 aromatic rings. The number of pyridine rings is 2. The molecule has 1 aliphatic rings. The second kappa shape index (κ2) is 7.81. The van der Waals surface area contributed by atoms with E-state index in [9.17, 15) is 4.79 Å². The van der Waals surface area contributed by atoms with Gasteiger partial charge in [0.25, 0.3) is 5.91 Å². The van der Waals surface area contributed by atoms with Crippen molar-refractivity contribution in [3.8, 4) is 10.7 Å². The van der Waals surface area contributed by atoms with Crippen molar-refractivity contribution in [2.45, 2.75) is 18.9 Å². The highest BCUT2D eigenvalue weighted by molar-refractivity contribution is 7.13. The van der Waals surface area contributed by atoms with Crippen molar-refractivity contribution in [1.29, 1.82) is 0 Å². The van der Waals surface area contributed by atoms with Crippen LogP contribution in [0.15, 0.2) is 48.2 Å². The van der Waals surface area contributed by atoms with Gasteiger partial charge in [0.05, 0.1) is 23.3 Å². The number of hydrogen-bond acceptors (Lipinski definition) is 7. The van der Waals surface area contributed by atoms with Crippen LogP contribution in [0, 0.1) is 0 Å². The van der Waals surface area contributed by atoms with Crippen molar-refractivity contribution in [1.82, 2.24) is 15.0 Å². The molecule has 0 bridgehead atoms. The summed E-state index contributed by atoms with van der Waals surface area (Å²) in [7, 11) is 0. The monoisotopic (exact) mass is 380 g/mol. The first-order valence-corrected chi connectivity index (χ1v) is 9.71. The summed E-state index contributed by atoms with van der Waals surface area (Å²) in [6.45, 7) is 1.68. The van der Waals surface area contributed by atoms with Gasteiger partial charge in [0.2, 0.25) is 0 Å². The summed E-state index contributed by atoms with van der Waals surface area (Å²) >= 11 is 1.49. The number of nitrogens with two attached hydrogens (primary N) is 1. The summed E-state index contributed by atoms with van der Waals surface area (Å²) < 4.78 is 0. The zero-order valence-corrected chi connectivity index (χ0v) is 15.5. The highest BCUT2D eigenvalue weighted by atomic mass is 32.1. The van der Waals surface area contributed by atoms with Gasteiger partial charge in [0.15, 0.2) is 0 Å². The Morgan fingerprint density at radius 2 is 2.22 bits per heavy atom. The summed E-state index contributed by atoms with van der Waals surface area (Å²) in [5.41, 5.74) is 8.73. The van der Waals surface area contributed by atoms with Crippen molar-refractivity contribution in [2.75, 3.05) is 23.3 Å². The van der Waals surface area contributed by atoms with Gasteiger partial charge in [-0.3, -0.25) is 9.78 Å². The standard InChI is InChI=1S/C19H20N6OS/c20-13-3-2-9-25(12-13)17-6-7-21-11-16(17)24-18(26)14-4-1-5-15(23-14)19-22-8-10-27-19/h1,4-8,10-11,13H,2-3,9,12,20H2,(H,24,26)/t13-/m0/s1. The summed E-state index contributed by atoms with van der Waals surface area (Å²) in [5, 5.41) is 5.62. The molecule has 7 nitrogen and oxygen atoms in total. The number of amides is 1. The van der Waals surface area contributed by atoms with Gasteiger partial charge in [-0.1, -0.05) is 6.07 Å². The zero-order chi connectivity index (χ0) is 18.6. The first kappa shape index (κ1) is 17.6. The topological polar surface area (TPSA) is 97.0 Å². The van der Waals surface area contributed by atoms with E-state index in [1.54, 1.807) is 24.7 Å². The first-order valence-electron chi connectivity index (χ1n) is 8.83. The minimum Gasteiger partial charge on any atom is -0.368 e. The van der Waals surface area contributed by atoms with E-state index >= 15 is 0 Å². The van der Waals surface area contributed by atoms with Crippen LogP contribution in [0.2, 0.25) is 0 Å². The van der Waals surface area contributed by atoms with Gasteiger partial charge in [0.1, 0.15) is 10.7 Å². The van der Waals surface area contributed by atoms with Gasteiger partial charge in [-0.2, -0.15) is 0 Å². The van der Waals surface area contributed by atoms with Crippen LogP contribution < -0.4 is 16.0 Å². The minimum absolute atomic E-state index is 0.145. The van der Waals surface area contributed by atoms with E-state index in [1.807, 2.05) is 23.6 Å². The molecule has 1 atom stereocenters. The second-order valence-electron chi connectivity index (χ2n) is 6.44. The van der Waals surface area contributed by atoms with Gasteiger partial charge in [-0.05, 0) is 31.0 Å². The third kappa shape index (κ3) is 3.96. The predicted molar refractivity (Wildman–Crippen MR) is 107 cm³/mol. The van der Waals surface area contributed by atoms with Crippen LogP contribution in [-0.2, 0) is 0 Å². The Hall–Kier alpha value is -2.84. The maximum Gasteiger partial charge on any atom is 0.274 e. The van der Waals surface area contributed by atoms with Crippen LogP contribution >= 0.6 is 11.3 Å². The lowest BCUT2D eigenvalue weighted by molar-refractivity contribution is 0.102. The molecule has 27 heavy (non-hydrogen) atoms. The van der Waals surface area contributed by atoms with Gasteiger partial charge >= 0.3 is 0 Å². The van der Waals surface area contributed by atoms with Crippen LogP contribution in [0.25, 0.3) is 10.7 Å². The molecule has 1 amide bonds. The molecular formula is C19H20N6OS. The van der Waals surface area contributed by atoms with Crippen LogP contribution in [-0.4, -0.2) is 40.0 Å². The molecule has 1 fully saturated rings. The number of rotatable bonds is 4. The molecule has 1 saturated heterocycles. The quantitative estimate of drug-likeness (QED) is 0.722. The van der Waals surface area contributed by atoms with Crippen LogP contribution in [0.5, 0.6) is 0 Å². The lowest BCUT2D eigenvalue weighted by atomic mass is 10.1. The summed E-state index contributed by atoms with van der Waals surface area (Å²) in [6.07, 6.45) is 7.18. The molecule has 8 heteroatoms. The summed E-state index contributed by atoms with van der Waals surface area (Å²) in [5.74, 6) is -0.274. The predicted octanol–water partition coefficient (Wildman–Crippen LogP) is 2.78. The van der Waals surface area contributed by atoms with Crippen LogP contribution in [0.1, 0.15) is 23.3 Å². The van der Waals surface area contributed by atoms with Gasteiger partial charge in [-0.15, -0.1) is 11.3 Å². The average molecular weight is 380 g/mol. The Bertz CT molecular complexity index is 929. The Labute approximate surface area is 161 Å². The van der Waals surface area contributed by atoms with Crippen molar-refractivity contribution in [2.24, 2.45) is 5.73 Å². The van der Waals surface area contributed by atoms with E-state index in [-0.39, 0.29) is 11.9 Å². The van der Waals surface area contributed by atoms with E-state index in [2.05, 4.69) is 25.2 Å². The third-order valence-electron chi connectivity index (χ3n) is 4.48. The second-order valence-corrected chi connectivity index (χ2v) is 7.34. The number of carbonyl (C=O) groups excluding carboxylic acids is 1. The average Bonchev–Trinajstić information content (AvgIpc) is 3.23. The molecule has 0 aliphatic carbocycles. The molecule has 138 valence electrons. The number of hydrogen-bond donors (Lipinski definition) is 2. The minimum atomic E-state index is -0.274. The summed E-state index contributed by atoms with van der Waals surface area (Å²) in [4.78, 5) is 27.8. The lowest BCUT2D eigenvalue weighted by Gasteiger charge is -2.33. The van der Waals surface area contributed by atoms with Crippen molar-refractivity contribution < 1.29 is 4.79 Å². The lowest BCUT2D eigenvalue weighted by Crippen LogP contribution is -2.43. The van der Waals surface area contributed by atoms with E-state index in [0.29, 0.717) is 17.1 Å². The fourth-order valence-electron chi connectivity index (χ4n) is 3.20. The molecular weight excluding hydrogens is 360 g/mol. The van der Waals surface area contributed by atoms with E-state index in [1.165, 1.54) is 11.3 Å². The third-order valence-corrected chi connectivity index (χ3v) is 5.27. The highest BCUT2D eigenvalue weighted by Crippen LogP contribution is 2.28. The molecule has 0 aromatic carbocycles. The highest BCUT2D eigenvalue weighted by Gasteiger charge is 2.20.